The van der Waals surface area contributed by atoms with Crippen LogP contribution in [0.4, 0.5) is 15.8 Å². The maximum absolute atomic E-state index is 14.4. The van der Waals surface area contributed by atoms with Crippen molar-refractivity contribution < 1.29 is 4.39 Å². The van der Waals surface area contributed by atoms with Crippen LogP contribution < -0.4 is 4.90 Å². The normalized spacial score (nSPS) is 15.4. The molecule has 1 aliphatic carbocycles. The Morgan fingerprint density at radius 3 is 2.25 bits per heavy atom. The topological polar surface area (TPSA) is 3.24 Å². The van der Waals surface area contributed by atoms with Crippen molar-refractivity contribution in [3.63, 3.8) is 0 Å². The van der Waals surface area contributed by atoms with Gasteiger partial charge in [-0.25, -0.2) is 4.39 Å². The van der Waals surface area contributed by atoms with E-state index in [9.17, 15) is 4.39 Å². The Balaban J connectivity index is 1.69. The van der Waals surface area contributed by atoms with E-state index in [-0.39, 0.29) is 5.82 Å². The summed E-state index contributed by atoms with van der Waals surface area (Å²) in [5.41, 5.74) is 3.19. The molecule has 4 aromatic rings. The quantitative estimate of drug-likeness (QED) is 0.343. The molecule has 3 aromatic carbocycles. The average Bonchev–Trinajstić information content (AvgIpc) is 3.13. The summed E-state index contributed by atoms with van der Waals surface area (Å²) in [6.45, 7) is 0. The van der Waals surface area contributed by atoms with Crippen molar-refractivity contribution in [1.29, 1.82) is 0 Å². The minimum absolute atomic E-state index is 0.189. The number of anilines is 2. The number of para-hydroxylation sites is 1. The van der Waals surface area contributed by atoms with Gasteiger partial charge in [0.15, 0.2) is 0 Å². The van der Waals surface area contributed by atoms with Crippen LogP contribution in [0.5, 0.6) is 0 Å². The van der Waals surface area contributed by atoms with Gasteiger partial charge in [-0.1, -0.05) is 61.7 Å². The maximum atomic E-state index is 14.4. The predicted molar refractivity (Wildman–Crippen MR) is 120 cm³/mol. The Labute approximate surface area is 169 Å². The zero-order chi connectivity index (χ0) is 19.1. The molecule has 1 aromatic heterocycles. The molecule has 3 heteroatoms. The van der Waals surface area contributed by atoms with E-state index in [0.29, 0.717) is 11.6 Å². The zero-order valence-electron chi connectivity index (χ0n) is 16.1. The first-order valence-corrected chi connectivity index (χ1v) is 11.0. The summed E-state index contributed by atoms with van der Waals surface area (Å²) in [5.74, 6) is 0.490. The number of benzene rings is 3. The number of halogens is 1. The fraction of sp³-hybridized carbons (Fsp3) is 0.280. The second-order valence-corrected chi connectivity index (χ2v) is 8.85. The molecule has 1 saturated carbocycles. The van der Waals surface area contributed by atoms with Gasteiger partial charge in [0.2, 0.25) is 0 Å². The van der Waals surface area contributed by atoms with E-state index in [1.165, 1.54) is 63.9 Å². The van der Waals surface area contributed by atoms with Crippen LogP contribution in [-0.4, -0.2) is 7.05 Å². The van der Waals surface area contributed by atoms with Crippen LogP contribution in [0.2, 0.25) is 0 Å². The standard InChI is InChI=1S/C25H24FNS/c1-27(22-15-6-5-14-21(22)26)23-16-8-13-20-19-12-7-11-18(24(19)28-25(20)23)17-9-3-2-4-10-17/h5-8,11-17H,2-4,9-10H2,1H3. The van der Waals surface area contributed by atoms with E-state index >= 15 is 0 Å². The molecule has 0 bridgehead atoms. The third-order valence-electron chi connectivity index (χ3n) is 6.15. The van der Waals surface area contributed by atoms with E-state index in [2.05, 4.69) is 36.4 Å². The molecule has 0 saturated heterocycles. The molecule has 0 aliphatic heterocycles. The first-order valence-electron chi connectivity index (χ1n) is 10.2. The second-order valence-electron chi connectivity index (χ2n) is 7.83. The third kappa shape index (κ3) is 2.89. The van der Waals surface area contributed by atoms with Gasteiger partial charge in [0.25, 0.3) is 0 Å². The van der Waals surface area contributed by atoms with Crippen LogP contribution in [0.15, 0.2) is 60.7 Å². The SMILES string of the molecule is CN(c1ccccc1F)c1cccc2c1sc1c(C3CCCCC3)cccc12. The van der Waals surface area contributed by atoms with Crippen molar-refractivity contribution in [2.24, 2.45) is 0 Å². The predicted octanol–water partition coefficient (Wildman–Crippen LogP) is 8.01. The van der Waals surface area contributed by atoms with Gasteiger partial charge in [0.1, 0.15) is 5.82 Å². The molecule has 1 heterocycles. The third-order valence-corrected chi connectivity index (χ3v) is 7.45. The van der Waals surface area contributed by atoms with Crippen molar-refractivity contribution >= 4 is 42.9 Å². The van der Waals surface area contributed by atoms with E-state index in [1.54, 1.807) is 6.07 Å². The number of nitrogens with zero attached hydrogens (tertiary/aromatic N) is 1. The van der Waals surface area contributed by atoms with Gasteiger partial charge < -0.3 is 4.90 Å². The first kappa shape index (κ1) is 17.7. The molecular weight excluding hydrogens is 365 g/mol. The molecule has 5 rings (SSSR count). The van der Waals surface area contributed by atoms with Crippen molar-refractivity contribution in [1.82, 2.24) is 0 Å². The minimum atomic E-state index is -0.189. The molecule has 1 nitrogen and oxygen atoms in total. The monoisotopic (exact) mass is 389 g/mol. The largest absolute Gasteiger partial charge is 0.341 e. The lowest BCUT2D eigenvalue weighted by atomic mass is 9.84. The maximum Gasteiger partial charge on any atom is 0.146 e. The van der Waals surface area contributed by atoms with Gasteiger partial charge in [-0.2, -0.15) is 0 Å². The molecule has 142 valence electrons. The zero-order valence-corrected chi connectivity index (χ0v) is 16.9. The molecular formula is C25H24FNS. The average molecular weight is 390 g/mol. The molecule has 0 radical (unpaired) electrons. The van der Waals surface area contributed by atoms with Gasteiger partial charge in [0.05, 0.1) is 16.1 Å². The lowest BCUT2D eigenvalue weighted by molar-refractivity contribution is 0.446. The van der Waals surface area contributed by atoms with Crippen molar-refractivity contribution in [2.45, 2.75) is 38.0 Å². The fourth-order valence-corrected chi connectivity index (χ4v) is 6.12. The smallest absolute Gasteiger partial charge is 0.146 e. The minimum Gasteiger partial charge on any atom is -0.341 e. The van der Waals surface area contributed by atoms with Crippen LogP contribution in [-0.2, 0) is 0 Å². The fourth-order valence-electron chi connectivity index (χ4n) is 4.68. The van der Waals surface area contributed by atoms with Crippen molar-refractivity contribution in [2.75, 3.05) is 11.9 Å². The number of hydrogen-bond donors (Lipinski definition) is 0. The van der Waals surface area contributed by atoms with Crippen LogP contribution in [0.25, 0.3) is 20.2 Å². The molecule has 0 amide bonds. The highest BCUT2D eigenvalue weighted by Crippen LogP contribution is 2.45. The Morgan fingerprint density at radius 1 is 0.786 bits per heavy atom. The lowest BCUT2D eigenvalue weighted by Gasteiger charge is -2.22. The summed E-state index contributed by atoms with van der Waals surface area (Å²) in [7, 11) is 1.96. The summed E-state index contributed by atoms with van der Waals surface area (Å²) in [6, 6.07) is 20.2. The van der Waals surface area contributed by atoms with Crippen molar-refractivity contribution in [3.8, 4) is 0 Å². The Kier molecular flexibility index (Phi) is 4.56. The number of thiophene rings is 1. The molecule has 0 atom stereocenters. The highest BCUT2D eigenvalue weighted by molar-refractivity contribution is 7.26. The highest BCUT2D eigenvalue weighted by atomic mass is 32.1. The molecule has 28 heavy (non-hydrogen) atoms. The number of rotatable bonds is 3. The van der Waals surface area contributed by atoms with Gasteiger partial charge in [-0.3, -0.25) is 0 Å². The summed E-state index contributed by atoms with van der Waals surface area (Å²) in [5, 5.41) is 2.62. The van der Waals surface area contributed by atoms with Crippen molar-refractivity contribution in [3.05, 3.63) is 72.0 Å². The molecule has 0 spiro atoms. The van der Waals surface area contributed by atoms with E-state index < -0.39 is 0 Å². The first-order chi connectivity index (χ1) is 13.7. The van der Waals surface area contributed by atoms with Crippen LogP contribution in [0.1, 0.15) is 43.6 Å². The van der Waals surface area contributed by atoms with E-state index in [4.69, 9.17) is 0 Å². The van der Waals surface area contributed by atoms with Gasteiger partial charge in [0, 0.05) is 22.5 Å². The Morgan fingerprint density at radius 2 is 1.46 bits per heavy atom. The molecule has 0 N–H and O–H groups in total. The van der Waals surface area contributed by atoms with Gasteiger partial charge in [-0.05, 0) is 42.5 Å². The summed E-state index contributed by atoms with van der Waals surface area (Å²) < 4.78 is 17.1. The van der Waals surface area contributed by atoms with E-state index in [1.807, 2.05) is 35.4 Å². The second kappa shape index (κ2) is 7.21. The van der Waals surface area contributed by atoms with Crippen LogP contribution in [0.3, 0.4) is 0 Å². The molecule has 0 unspecified atom stereocenters. The van der Waals surface area contributed by atoms with Gasteiger partial charge >= 0.3 is 0 Å². The highest BCUT2D eigenvalue weighted by Gasteiger charge is 2.21. The van der Waals surface area contributed by atoms with Crippen LogP contribution in [0, 0.1) is 5.82 Å². The van der Waals surface area contributed by atoms with Gasteiger partial charge in [-0.15, -0.1) is 11.3 Å². The van der Waals surface area contributed by atoms with Crippen LogP contribution >= 0.6 is 11.3 Å². The Hall–Kier alpha value is -2.39. The number of hydrogen-bond acceptors (Lipinski definition) is 2. The lowest BCUT2D eigenvalue weighted by Crippen LogP contribution is -2.11. The summed E-state index contributed by atoms with van der Waals surface area (Å²) in [6.07, 6.45) is 6.65. The molecule has 1 fully saturated rings. The summed E-state index contributed by atoms with van der Waals surface area (Å²) >= 11 is 1.87. The number of fused-ring (bicyclic) bond motifs is 3. The Bertz CT molecular complexity index is 1140. The van der Waals surface area contributed by atoms with E-state index in [0.717, 1.165) is 5.69 Å². The summed E-state index contributed by atoms with van der Waals surface area (Å²) in [4.78, 5) is 1.98. The molecule has 1 aliphatic rings.